The average Bonchev–Trinajstić information content (AvgIpc) is 2.32. The molecule has 1 heterocycles. The van der Waals surface area contributed by atoms with Gasteiger partial charge in [-0.2, -0.15) is 0 Å². The Morgan fingerprint density at radius 2 is 1.80 bits per heavy atom. The fourth-order valence-corrected chi connectivity index (χ4v) is 1.02. The number of benzene rings is 1. The zero-order valence-corrected chi connectivity index (χ0v) is 7.34. The molecule has 0 unspecified atom stereocenters. The predicted octanol–water partition coefficient (Wildman–Crippen LogP) is 1.38. The third kappa shape index (κ3) is 2.02. The van der Waals surface area contributed by atoms with E-state index in [2.05, 4.69) is 4.74 Å². The summed E-state index contributed by atoms with van der Waals surface area (Å²) in [4.78, 5) is -0.0326. The van der Waals surface area contributed by atoms with Gasteiger partial charge in [-0.3, -0.25) is 0 Å². The summed E-state index contributed by atoms with van der Waals surface area (Å²) >= 11 is 0. The quantitative estimate of drug-likeness (QED) is 0.730. The molecule has 1 saturated heterocycles. The Labute approximate surface area is 97.7 Å². The van der Waals surface area contributed by atoms with E-state index in [1.54, 1.807) is 0 Å². The summed E-state index contributed by atoms with van der Waals surface area (Å²) in [5.41, 5.74) is 3.45. The molecule has 1 aliphatic heterocycles. The van der Waals surface area contributed by atoms with E-state index in [-0.39, 0.29) is 4.90 Å². The van der Waals surface area contributed by atoms with Crippen LogP contribution in [0.4, 0.5) is 20.2 Å². The fourth-order valence-electron chi connectivity index (χ4n) is 1.02. The lowest BCUT2D eigenvalue weighted by atomic mass is 10.2. The molecule has 15 heavy (non-hydrogen) atoms. The first-order valence-electron chi connectivity index (χ1n) is 7.90. The molecule has 0 atom stereocenters. The van der Waals surface area contributed by atoms with Crippen molar-refractivity contribution >= 4 is 11.4 Å². The van der Waals surface area contributed by atoms with E-state index in [9.17, 15) is 8.78 Å². The van der Waals surface area contributed by atoms with Crippen molar-refractivity contribution in [2.24, 2.45) is 0 Å². The molecule has 0 aliphatic carbocycles. The molecule has 0 aromatic heterocycles. The van der Waals surface area contributed by atoms with Crippen molar-refractivity contribution in [1.82, 2.24) is 0 Å². The first-order chi connectivity index (χ1) is 10.1. The van der Waals surface area contributed by atoms with Crippen LogP contribution in [-0.4, -0.2) is 26.1 Å². The number of hydrogen-bond acceptors (Lipinski definition) is 3. The van der Waals surface area contributed by atoms with Crippen molar-refractivity contribution in [2.75, 3.05) is 36.7 Å². The molecule has 1 aliphatic rings. The van der Waals surface area contributed by atoms with E-state index < -0.39 is 49.1 Å². The summed E-state index contributed by atoms with van der Waals surface area (Å²) in [6.07, 6.45) is 0. The van der Waals surface area contributed by atoms with Crippen LogP contribution in [0, 0.1) is 11.6 Å². The van der Waals surface area contributed by atoms with Gasteiger partial charge in [0.25, 0.3) is 0 Å². The van der Waals surface area contributed by atoms with Crippen LogP contribution in [0.25, 0.3) is 0 Å². The van der Waals surface area contributed by atoms with Gasteiger partial charge in [-0.05, 0) is 12.1 Å². The number of rotatable bonds is 1. The van der Waals surface area contributed by atoms with Crippen LogP contribution in [-0.2, 0) is 4.74 Å². The molecule has 3 nitrogen and oxygen atoms in total. The first kappa shape index (κ1) is 4.25. The topological polar surface area (TPSA) is 38.5 Å². The van der Waals surface area contributed by atoms with Gasteiger partial charge in [-0.15, -0.1) is 0 Å². The van der Waals surface area contributed by atoms with Crippen LogP contribution >= 0.6 is 0 Å². The first-order valence-corrected chi connectivity index (χ1v) is 3.90. The summed E-state index contributed by atoms with van der Waals surface area (Å²) in [6, 6.07) is 0.983. The van der Waals surface area contributed by atoms with Crippen molar-refractivity contribution in [3.63, 3.8) is 0 Å². The van der Waals surface area contributed by atoms with E-state index in [0.29, 0.717) is 12.1 Å². The molecule has 0 spiro atoms. The van der Waals surface area contributed by atoms with Gasteiger partial charge in [0.05, 0.1) is 24.1 Å². The van der Waals surface area contributed by atoms with Gasteiger partial charge in [-0.1, -0.05) is 0 Å². The largest absolute Gasteiger partial charge is 0.394 e. The lowest BCUT2D eigenvalue weighted by Gasteiger charge is -2.29. The third-order valence-corrected chi connectivity index (χ3v) is 1.74. The summed E-state index contributed by atoms with van der Waals surface area (Å²) in [7, 11) is 0. The van der Waals surface area contributed by atoms with Crippen LogP contribution < -0.4 is 10.6 Å². The Bertz CT molecular complexity index is 605. The smallest absolute Gasteiger partial charge is 0.151 e. The second kappa shape index (κ2) is 4.02. The van der Waals surface area contributed by atoms with E-state index in [1.165, 1.54) is 0 Å². The molecule has 2 rings (SSSR count). The van der Waals surface area contributed by atoms with Crippen molar-refractivity contribution in [1.29, 1.82) is 0 Å². The van der Waals surface area contributed by atoms with Gasteiger partial charge in [-0.25, -0.2) is 8.78 Å². The lowest BCUT2D eigenvalue weighted by Crippen LogP contribution is -2.36. The molecular weight excluding hydrogens is 202 g/mol. The maximum atomic E-state index is 13.6. The zero-order valence-electron chi connectivity index (χ0n) is 15.3. The van der Waals surface area contributed by atoms with Gasteiger partial charge in [0.1, 0.15) is 5.69 Å². The Morgan fingerprint density at radius 1 is 1.27 bits per heavy atom. The van der Waals surface area contributed by atoms with Crippen LogP contribution in [0.3, 0.4) is 0 Å². The highest BCUT2D eigenvalue weighted by Crippen LogP contribution is 2.24. The number of ether oxygens (including phenoxy) is 1. The van der Waals surface area contributed by atoms with E-state index >= 15 is 0 Å². The van der Waals surface area contributed by atoms with Gasteiger partial charge in [0.2, 0.25) is 0 Å². The number of nitrogens with zero attached hydrogens (tertiary/aromatic N) is 1. The van der Waals surface area contributed by atoms with Crippen molar-refractivity contribution in [3.05, 3.63) is 23.8 Å². The third-order valence-electron chi connectivity index (χ3n) is 1.74. The Kier molecular flexibility index (Phi) is 1.14. The van der Waals surface area contributed by atoms with Crippen LogP contribution in [0.2, 0.25) is 0 Å². The molecule has 2 N–H and O–H groups in total. The van der Waals surface area contributed by atoms with E-state index in [1.807, 2.05) is 0 Å². The van der Waals surface area contributed by atoms with Crippen molar-refractivity contribution < 1.29 is 24.5 Å². The van der Waals surface area contributed by atoms with Gasteiger partial charge < -0.3 is 15.4 Å². The highest BCUT2D eigenvalue weighted by molar-refractivity contribution is 5.55. The minimum atomic E-state index is -3.31. The average molecular weight is 222 g/mol. The molecule has 1 aromatic rings. The maximum Gasteiger partial charge on any atom is 0.151 e. The van der Waals surface area contributed by atoms with Crippen molar-refractivity contribution in [2.45, 2.75) is 0 Å². The minimum absolute atomic E-state index is 0.0326. The summed E-state index contributed by atoms with van der Waals surface area (Å²) in [5.74, 6) is -2.64. The molecule has 1 fully saturated rings. The van der Waals surface area contributed by atoms with E-state index in [0.717, 1.165) is 0 Å². The lowest BCUT2D eigenvalue weighted by molar-refractivity contribution is 0.122. The normalized spacial score (nSPS) is 38.1. The molecule has 0 saturated carbocycles. The minimum Gasteiger partial charge on any atom is -0.394 e. The van der Waals surface area contributed by atoms with Crippen LogP contribution in [0.1, 0.15) is 11.0 Å². The highest BCUT2D eigenvalue weighted by Gasteiger charge is 2.15. The molecule has 1 aromatic carbocycles. The number of halogens is 2. The maximum absolute atomic E-state index is 13.6. The Balaban J connectivity index is 2.74. The van der Waals surface area contributed by atoms with Gasteiger partial charge >= 0.3 is 0 Å². The number of hydrogen-bond donors (Lipinski definition) is 1. The summed E-state index contributed by atoms with van der Waals surface area (Å²) < 4.78 is 92.6. The predicted molar refractivity (Wildman–Crippen MR) is 53.8 cm³/mol. The summed E-state index contributed by atoms with van der Waals surface area (Å²) in [6.45, 7) is -13.2. The molecule has 5 heteroatoms. The van der Waals surface area contributed by atoms with Crippen LogP contribution in [0.5, 0.6) is 0 Å². The standard InChI is InChI=1S/C10H12F2N2O/c11-8-5-7(6-9(12)10(8)13)14-1-3-15-4-2-14/h5-6H,1-4,13H2/i1D2,2D2,3D2,4D2. The molecule has 0 radical (unpaired) electrons. The molecule has 0 bridgehead atoms. The SMILES string of the molecule is [2H]C1([2H])OC([2H])([2H])C([2H])([2H])N(c2cc(F)c(N)c(F)c2)C1([2H])[2H]. The van der Waals surface area contributed by atoms with Gasteiger partial charge in [0, 0.05) is 18.7 Å². The number of nitrogens with two attached hydrogens (primary N) is 1. The van der Waals surface area contributed by atoms with E-state index in [4.69, 9.17) is 16.7 Å². The highest BCUT2D eigenvalue weighted by atomic mass is 19.1. The number of nitrogen functional groups attached to an aromatic ring is 1. The molecular formula is C10H12F2N2O. The second-order valence-corrected chi connectivity index (χ2v) is 2.69. The molecule has 0 amide bonds. The summed E-state index contributed by atoms with van der Waals surface area (Å²) in [5, 5.41) is 0. The van der Waals surface area contributed by atoms with Crippen LogP contribution in [0.15, 0.2) is 12.1 Å². The molecule has 82 valence electrons. The second-order valence-electron chi connectivity index (χ2n) is 2.69. The van der Waals surface area contributed by atoms with Crippen molar-refractivity contribution in [3.8, 4) is 0 Å². The Morgan fingerprint density at radius 3 is 2.33 bits per heavy atom. The zero-order chi connectivity index (χ0) is 18.0. The van der Waals surface area contributed by atoms with Gasteiger partial charge in [0.15, 0.2) is 11.6 Å². The Hall–Kier alpha value is -1.36. The monoisotopic (exact) mass is 222 g/mol. The number of anilines is 2. The number of morpholine rings is 1. The fraction of sp³-hybridized carbons (Fsp3) is 0.400.